The summed E-state index contributed by atoms with van der Waals surface area (Å²) in [4.78, 5) is 11.6. The minimum Gasteiger partial charge on any atom is -0.355 e. The molecule has 0 aliphatic heterocycles. The number of nitriles is 1. The second-order valence-electron chi connectivity index (χ2n) is 3.16. The molecule has 0 aromatic carbocycles. The highest BCUT2D eigenvalue weighted by molar-refractivity contribution is 5.85. The van der Waals surface area contributed by atoms with Gasteiger partial charge >= 0.3 is 0 Å². The molecule has 0 fully saturated rings. The fourth-order valence-electron chi connectivity index (χ4n) is 1.19. The quantitative estimate of drug-likeness (QED) is 0.705. The highest BCUT2D eigenvalue weighted by Gasteiger charge is 2.34. The number of hydrogen-bond acceptors (Lipinski definition) is 2. The Morgan fingerprint density at radius 3 is 2.23 bits per heavy atom. The van der Waals surface area contributed by atoms with Gasteiger partial charge in [0, 0.05) is 6.54 Å². The Hall–Kier alpha value is -1.04. The fraction of sp³-hybridized carbons (Fsp3) is 0.800. The number of amides is 1. The molecule has 0 saturated carbocycles. The lowest BCUT2D eigenvalue weighted by Crippen LogP contribution is -2.39. The molecule has 0 aromatic heterocycles. The van der Waals surface area contributed by atoms with Crippen LogP contribution in [0.25, 0.3) is 0 Å². The largest absolute Gasteiger partial charge is 0.355 e. The van der Waals surface area contributed by atoms with Gasteiger partial charge < -0.3 is 5.32 Å². The van der Waals surface area contributed by atoms with Crippen molar-refractivity contribution >= 4 is 5.91 Å². The predicted octanol–water partition coefficient (Wildman–Crippen LogP) is 1.84. The van der Waals surface area contributed by atoms with Crippen molar-refractivity contribution < 1.29 is 4.79 Å². The van der Waals surface area contributed by atoms with E-state index in [4.69, 9.17) is 5.26 Å². The summed E-state index contributed by atoms with van der Waals surface area (Å²) in [6.07, 6.45) is 2.06. The summed E-state index contributed by atoms with van der Waals surface area (Å²) >= 11 is 0. The van der Waals surface area contributed by atoms with Crippen LogP contribution in [0.15, 0.2) is 0 Å². The first-order valence-corrected chi connectivity index (χ1v) is 4.86. The first kappa shape index (κ1) is 12.0. The third kappa shape index (κ3) is 2.73. The molecule has 0 rings (SSSR count). The van der Waals surface area contributed by atoms with E-state index >= 15 is 0 Å². The van der Waals surface area contributed by atoms with Crippen LogP contribution in [0.1, 0.15) is 40.0 Å². The molecule has 74 valence electrons. The van der Waals surface area contributed by atoms with Gasteiger partial charge in [-0.25, -0.2) is 0 Å². The summed E-state index contributed by atoms with van der Waals surface area (Å²) < 4.78 is 0. The van der Waals surface area contributed by atoms with E-state index in [9.17, 15) is 4.79 Å². The van der Waals surface area contributed by atoms with Crippen LogP contribution >= 0.6 is 0 Å². The topological polar surface area (TPSA) is 52.9 Å². The third-order valence-electron chi connectivity index (χ3n) is 2.39. The van der Waals surface area contributed by atoms with Crippen molar-refractivity contribution in [2.75, 3.05) is 6.54 Å². The molecule has 0 unspecified atom stereocenters. The van der Waals surface area contributed by atoms with Crippen LogP contribution in [0.5, 0.6) is 0 Å². The van der Waals surface area contributed by atoms with E-state index in [1.807, 2.05) is 20.8 Å². The molecular formula is C10H18N2O. The number of hydrogen-bond donors (Lipinski definition) is 1. The lowest BCUT2D eigenvalue weighted by Gasteiger charge is -2.21. The van der Waals surface area contributed by atoms with Gasteiger partial charge in [-0.3, -0.25) is 4.79 Å². The maximum Gasteiger partial charge on any atom is 0.240 e. The number of rotatable bonds is 5. The van der Waals surface area contributed by atoms with E-state index < -0.39 is 5.41 Å². The zero-order valence-electron chi connectivity index (χ0n) is 8.68. The van der Waals surface area contributed by atoms with Gasteiger partial charge in [0.1, 0.15) is 5.41 Å². The summed E-state index contributed by atoms with van der Waals surface area (Å²) in [5, 5.41) is 11.7. The summed E-state index contributed by atoms with van der Waals surface area (Å²) in [6, 6.07) is 2.11. The maximum absolute atomic E-state index is 11.6. The van der Waals surface area contributed by atoms with E-state index in [1.165, 1.54) is 0 Å². The summed E-state index contributed by atoms with van der Waals surface area (Å²) in [6.45, 7) is 6.39. The zero-order valence-corrected chi connectivity index (χ0v) is 8.68. The Morgan fingerprint density at radius 2 is 1.92 bits per heavy atom. The lowest BCUT2D eigenvalue weighted by molar-refractivity contribution is -0.128. The molecule has 1 amide bonds. The highest BCUT2D eigenvalue weighted by Crippen LogP contribution is 2.25. The molecule has 0 bridgehead atoms. The molecule has 3 nitrogen and oxygen atoms in total. The molecule has 13 heavy (non-hydrogen) atoms. The van der Waals surface area contributed by atoms with Gasteiger partial charge in [0.15, 0.2) is 0 Å². The van der Waals surface area contributed by atoms with Crippen molar-refractivity contribution in [2.45, 2.75) is 40.0 Å². The van der Waals surface area contributed by atoms with Crippen LogP contribution < -0.4 is 5.32 Å². The maximum atomic E-state index is 11.6. The van der Waals surface area contributed by atoms with Crippen molar-refractivity contribution in [3.8, 4) is 6.07 Å². The minimum absolute atomic E-state index is 0.123. The summed E-state index contributed by atoms with van der Waals surface area (Å²) in [7, 11) is 0. The number of carbonyl (C=O) groups is 1. The highest BCUT2D eigenvalue weighted by atomic mass is 16.2. The fourth-order valence-corrected chi connectivity index (χ4v) is 1.19. The molecular weight excluding hydrogens is 164 g/mol. The molecule has 0 radical (unpaired) electrons. The molecule has 1 N–H and O–H groups in total. The van der Waals surface area contributed by atoms with Gasteiger partial charge in [-0.1, -0.05) is 20.8 Å². The van der Waals surface area contributed by atoms with Crippen LogP contribution in [0.4, 0.5) is 0 Å². The lowest BCUT2D eigenvalue weighted by atomic mass is 9.83. The number of carbonyl (C=O) groups excluding carboxylic acids is 1. The Kier molecular flexibility index (Phi) is 5.13. The first-order valence-electron chi connectivity index (χ1n) is 4.86. The SMILES string of the molecule is CCCNC(=O)C(C#N)(CC)CC. The van der Waals surface area contributed by atoms with Crippen LogP contribution in [-0.2, 0) is 4.79 Å². The Bertz CT molecular complexity index is 201. The summed E-state index contributed by atoms with van der Waals surface area (Å²) in [5.41, 5.74) is -0.810. The van der Waals surface area contributed by atoms with Crippen LogP contribution in [0.3, 0.4) is 0 Å². The molecule has 0 atom stereocenters. The first-order chi connectivity index (χ1) is 6.16. The Balaban J connectivity index is 4.38. The predicted molar refractivity (Wildman–Crippen MR) is 51.9 cm³/mol. The second-order valence-corrected chi connectivity index (χ2v) is 3.16. The minimum atomic E-state index is -0.810. The average molecular weight is 182 g/mol. The van der Waals surface area contributed by atoms with Crippen molar-refractivity contribution in [3.63, 3.8) is 0 Å². The van der Waals surface area contributed by atoms with Gasteiger partial charge in [0.05, 0.1) is 6.07 Å². The molecule has 0 saturated heterocycles. The van der Waals surface area contributed by atoms with Crippen LogP contribution in [0.2, 0.25) is 0 Å². The average Bonchev–Trinajstić information content (AvgIpc) is 2.18. The normalized spacial score (nSPS) is 10.6. The van der Waals surface area contributed by atoms with Gasteiger partial charge in [0.2, 0.25) is 5.91 Å². The van der Waals surface area contributed by atoms with Gasteiger partial charge in [0.25, 0.3) is 0 Å². The van der Waals surface area contributed by atoms with E-state index in [0.717, 1.165) is 6.42 Å². The van der Waals surface area contributed by atoms with Gasteiger partial charge in [-0.15, -0.1) is 0 Å². The molecule has 0 aliphatic rings. The van der Waals surface area contributed by atoms with E-state index in [1.54, 1.807) is 0 Å². The van der Waals surface area contributed by atoms with Crippen molar-refractivity contribution in [1.29, 1.82) is 5.26 Å². The van der Waals surface area contributed by atoms with Crippen molar-refractivity contribution in [3.05, 3.63) is 0 Å². The van der Waals surface area contributed by atoms with Gasteiger partial charge in [-0.2, -0.15) is 5.26 Å². The van der Waals surface area contributed by atoms with Crippen LogP contribution in [0, 0.1) is 16.7 Å². The molecule has 0 heterocycles. The monoisotopic (exact) mass is 182 g/mol. The second kappa shape index (κ2) is 5.58. The van der Waals surface area contributed by atoms with Crippen LogP contribution in [-0.4, -0.2) is 12.5 Å². The summed E-state index contributed by atoms with van der Waals surface area (Å²) in [5.74, 6) is -0.123. The number of nitrogens with zero attached hydrogens (tertiary/aromatic N) is 1. The smallest absolute Gasteiger partial charge is 0.240 e. The number of nitrogens with one attached hydrogen (secondary N) is 1. The third-order valence-corrected chi connectivity index (χ3v) is 2.39. The molecule has 0 aromatic rings. The molecule has 0 spiro atoms. The molecule has 3 heteroatoms. The van der Waals surface area contributed by atoms with Gasteiger partial charge in [-0.05, 0) is 19.3 Å². The molecule has 0 aliphatic carbocycles. The van der Waals surface area contributed by atoms with E-state index in [-0.39, 0.29) is 5.91 Å². The Labute approximate surface area is 80.1 Å². The Morgan fingerprint density at radius 1 is 1.38 bits per heavy atom. The standard InChI is InChI=1S/C10H18N2O/c1-4-7-12-9(13)10(5-2,6-3)8-11/h4-7H2,1-3H3,(H,12,13). The van der Waals surface area contributed by atoms with E-state index in [2.05, 4.69) is 11.4 Å². The van der Waals surface area contributed by atoms with E-state index in [0.29, 0.717) is 19.4 Å². The van der Waals surface area contributed by atoms with Crippen molar-refractivity contribution in [1.82, 2.24) is 5.32 Å². The van der Waals surface area contributed by atoms with Crippen molar-refractivity contribution in [2.24, 2.45) is 5.41 Å². The zero-order chi connectivity index (χ0) is 10.3.